The van der Waals surface area contributed by atoms with Crippen LogP contribution in [0.25, 0.3) is 0 Å². The number of non-ortho nitro benzene ring substituents is 1. The van der Waals surface area contributed by atoms with Crippen LogP contribution >= 0.6 is 0 Å². The molecular formula is C26H23N3O6. The number of nitrogens with zero attached hydrogens (tertiary/aromatic N) is 3. The van der Waals surface area contributed by atoms with Gasteiger partial charge in [-0.3, -0.25) is 29.3 Å². The topological polar surface area (TPSA) is 118 Å². The van der Waals surface area contributed by atoms with E-state index in [1.807, 2.05) is 26.0 Å². The normalized spacial score (nSPS) is 24.1. The number of amides is 3. The maximum Gasteiger partial charge on any atom is 0.273 e. The van der Waals surface area contributed by atoms with Gasteiger partial charge in [0.05, 0.1) is 16.8 Å². The zero-order chi connectivity index (χ0) is 25.0. The summed E-state index contributed by atoms with van der Waals surface area (Å²) in [7, 11) is 0. The number of imide groups is 1. The number of ketones is 1. The lowest BCUT2D eigenvalue weighted by Gasteiger charge is -2.30. The summed E-state index contributed by atoms with van der Waals surface area (Å²) < 4.78 is 0. The molecule has 2 aliphatic carbocycles. The number of Topliss-reactive ketones (excluding diaryl/α,β-unsaturated/α-hetero) is 1. The average Bonchev–Trinajstić information content (AvgIpc) is 3.52. The molecule has 2 bridgehead atoms. The van der Waals surface area contributed by atoms with Crippen molar-refractivity contribution < 1.29 is 24.1 Å². The minimum Gasteiger partial charge on any atom is -0.292 e. The molecular weight excluding hydrogens is 450 g/mol. The summed E-state index contributed by atoms with van der Waals surface area (Å²) >= 11 is 0. The van der Waals surface area contributed by atoms with Gasteiger partial charge >= 0.3 is 0 Å². The second kappa shape index (κ2) is 8.26. The lowest BCUT2D eigenvalue weighted by atomic mass is 9.85. The average molecular weight is 473 g/mol. The minimum atomic E-state index is -0.751. The molecule has 9 heteroatoms. The molecule has 3 aliphatic rings. The number of nitro benzene ring substituents is 1. The van der Waals surface area contributed by atoms with Gasteiger partial charge in [0, 0.05) is 23.3 Å². The Hall–Kier alpha value is -4.14. The molecule has 9 nitrogen and oxygen atoms in total. The molecule has 0 spiro atoms. The van der Waals surface area contributed by atoms with Gasteiger partial charge in [0.2, 0.25) is 0 Å². The molecule has 5 rings (SSSR count). The molecule has 0 unspecified atom stereocenters. The van der Waals surface area contributed by atoms with Crippen LogP contribution in [0.3, 0.4) is 0 Å². The fraction of sp³-hybridized carbons (Fsp3) is 0.308. The Morgan fingerprint density at radius 1 is 0.943 bits per heavy atom. The number of hydrogen-bond acceptors (Lipinski definition) is 6. The highest BCUT2D eigenvalue weighted by atomic mass is 16.6. The van der Waals surface area contributed by atoms with Crippen molar-refractivity contribution in [2.24, 2.45) is 23.7 Å². The van der Waals surface area contributed by atoms with Gasteiger partial charge in [0.1, 0.15) is 6.54 Å². The molecule has 3 amide bonds. The van der Waals surface area contributed by atoms with Crippen molar-refractivity contribution in [1.82, 2.24) is 10.0 Å². The van der Waals surface area contributed by atoms with E-state index in [4.69, 9.17) is 0 Å². The van der Waals surface area contributed by atoms with Crippen molar-refractivity contribution in [3.8, 4) is 0 Å². The lowest BCUT2D eigenvalue weighted by molar-refractivity contribution is -0.384. The first-order chi connectivity index (χ1) is 16.7. The van der Waals surface area contributed by atoms with Crippen LogP contribution in [0.4, 0.5) is 5.69 Å². The summed E-state index contributed by atoms with van der Waals surface area (Å²) in [5.74, 6) is -3.35. The molecule has 0 radical (unpaired) electrons. The third-order valence-corrected chi connectivity index (χ3v) is 7.37. The standard InChI is InChI=1S/C26H23N3O6/c1-14-3-4-17(11-15(14)2)21(30)13-27(24(31)16-7-9-20(10-8-16)29(34)35)28-25(32)22-18-5-6-19(12-18)23(22)26(28)33/h3-11,18-19,22-23H,12-13H2,1-2H3/t18-,19-,22+,23+/m0/s1. The molecule has 1 saturated heterocycles. The fourth-order valence-electron chi connectivity index (χ4n) is 5.37. The van der Waals surface area contributed by atoms with Crippen molar-refractivity contribution in [2.75, 3.05) is 6.54 Å². The van der Waals surface area contributed by atoms with E-state index in [1.165, 1.54) is 24.3 Å². The summed E-state index contributed by atoms with van der Waals surface area (Å²) in [6.45, 7) is 3.26. The molecule has 2 aromatic rings. The summed E-state index contributed by atoms with van der Waals surface area (Å²) in [5, 5.41) is 12.7. The molecule has 2 fully saturated rings. The summed E-state index contributed by atoms with van der Waals surface area (Å²) in [4.78, 5) is 64.0. The quantitative estimate of drug-likeness (QED) is 0.209. The SMILES string of the molecule is Cc1ccc(C(=O)CN(C(=O)c2ccc([N+](=O)[O-])cc2)N2C(=O)[C@H]3[C@H](C2=O)[C@H]2C=C[C@H]3C2)cc1C. The van der Waals surface area contributed by atoms with E-state index in [1.54, 1.807) is 18.2 Å². The first-order valence-corrected chi connectivity index (χ1v) is 11.4. The van der Waals surface area contributed by atoms with Crippen molar-refractivity contribution >= 4 is 29.2 Å². The molecule has 0 aromatic heterocycles. The highest BCUT2D eigenvalue weighted by molar-refractivity contribution is 6.10. The smallest absolute Gasteiger partial charge is 0.273 e. The third kappa shape index (κ3) is 3.63. The Labute approximate surface area is 201 Å². The first-order valence-electron chi connectivity index (χ1n) is 11.4. The van der Waals surface area contributed by atoms with E-state index in [9.17, 15) is 29.3 Å². The van der Waals surface area contributed by atoms with Gasteiger partial charge in [-0.25, -0.2) is 5.01 Å². The Kier molecular flexibility index (Phi) is 5.35. The molecule has 1 aliphatic heterocycles. The molecule has 1 saturated carbocycles. The van der Waals surface area contributed by atoms with Crippen LogP contribution in [0, 0.1) is 47.6 Å². The van der Waals surface area contributed by atoms with Crippen molar-refractivity contribution in [3.63, 3.8) is 0 Å². The second-order valence-corrected chi connectivity index (χ2v) is 9.38. The summed E-state index contributed by atoms with van der Waals surface area (Å²) in [6, 6.07) is 10.00. The van der Waals surface area contributed by atoms with Gasteiger partial charge in [-0.15, -0.1) is 0 Å². The van der Waals surface area contributed by atoms with Crippen LogP contribution in [0.15, 0.2) is 54.6 Å². The zero-order valence-corrected chi connectivity index (χ0v) is 19.2. The number of benzene rings is 2. The number of rotatable bonds is 6. The number of hydrazine groups is 1. The van der Waals surface area contributed by atoms with E-state index in [0.29, 0.717) is 5.56 Å². The fourth-order valence-corrected chi connectivity index (χ4v) is 5.37. The molecule has 35 heavy (non-hydrogen) atoms. The predicted molar refractivity (Wildman–Crippen MR) is 124 cm³/mol. The van der Waals surface area contributed by atoms with Gasteiger partial charge in [-0.05, 0) is 61.4 Å². The van der Waals surface area contributed by atoms with Crippen molar-refractivity contribution in [2.45, 2.75) is 20.3 Å². The molecule has 0 N–H and O–H groups in total. The van der Waals surface area contributed by atoms with Gasteiger partial charge in [0.25, 0.3) is 23.4 Å². The van der Waals surface area contributed by atoms with E-state index in [2.05, 4.69) is 0 Å². The van der Waals surface area contributed by atoms with Gasteiger partial charge in [0.15, 0.2) is 5.78 Å². The third-order valence-electron chi connectivity index (χ3n) is 7.37. The van der Waals surface area contributed by atoms with Crippen LogP contribution < -0.4 is 0 Å². The van der Waals surface area contributed by atoms with E-state index >= 15 is 0 Å². The van der Waals surface area contributed by atoms with Crippen molar-refractivity contribution in [1.29, 1.82) is 0 Å². The predicted octanol–water partition coefficient (Wildman–Crippen LogP) is 3.26. The maximum atomic E-state index is 13.5. The Morgan fingerprint density at radius 3 is 2.06 bits per heavy atom. The Bertz CT molecular complexity index is 1280. The number of allylic oxidation sites excluding steroid dienone is 2. The molecule has 4 atom stereocenters. The Morgan fingerprint density at radius 2 is 1.51 bits per heavy atom. The second-order valence-electron chi connectivity index (χ2n) is 9.38. The number of nitro groups is 1. The zero-order valence-electron chi connectivity index (χ0n) is 19.2. The van der Waals surface area contributed by atoms with Crippen LogP contribution in [-0.2, 0) is 9.59 Å². The van der Waals surface area contributed by atoms with Gasteiger partial charge in [-0.2, -0.15) is 5.01 Å². The number of carbonyl (C=O) groups excluding carboxylic acids is 4. The number of aryl methyl sites for hydroxylation is 2. The van der Waals surface area contributed by atoms with Crippen LogP contribution in [0.2, 0.25) is 0 Å². The molecule has 1 heterocycles. The largest absolute Gasteiger partial charge is 0.292 e. The number of hydrogen-bond donors (Lipinski definition) is 0. The van der Waals surface area contributed by atoms with Crippen LogP contribution in [0.5, 0.6) is 0 Å². The van der Waals surface area contributed by atoms with E-state index in [-0.39, 0.29) is 23.1 Å². The van der Waals surface area contributed by atoms with Gasteiger partial charge in [-0.1, -0.05) is 24.3 Å². The summed E-state index contributed by atoms with van der Waals surface area (Å²) in [5.41, 5.74) is 2.08. The molecule has 2 aromatic carbocycles. The highest BCUT2D eigenvalue weighted by Gasteiger charge is 2.61. The van der Waals surface area contributed by atoms with Crippen LogP contribution in [-0.4, -0.2) is 45.0 Å². The number of fused-ring (bicyclic) bond motifs is 5. The van der Waals surface area contributed by atoms with Crippen molar-refractivity contribution in [3.05, 3.63) is 87.0 Å². The lowest BCUT2D eigenvalue weighted by Crippen LogP contribution is -2.52. The summed E-state index contributed by atoms with van der Waals surface area (Å²) in [6.07, 6.45) is 4.63. The first kappa shape index (κ1) is 22.6. The van der Waals surface area contributed by atoms with E-state index < -0.39 is 46.8 Å². The minimum absolute atomic E-state index is 0.0299. The van der Waals surface area contributed by atoms with Crippen LogP contribution in [0.1, 0.15) is 38.3 Å². The Balaban J connectivity index is 1.50. The number of carbonyl (C=O) groups is 4. The monoisotopic (exact) mass is 473 g/mol. The van der Waals surface area contributed by atoms with Gasteiger partial charge < -0.3 is 0 Å². The highest BCUT2D eigenvalue weighted by Crippen LogP contribution is 2.52. The van der Waals surface area contributed by atoms with E-state index in [0.717, 1.165) is 27.6 Å². The molecule has 178 valence electrons. The maximum absolute atomic E-state index is 13.5.